The van der Waals surface area contributed by atoms with Gasteiger partial charge in [-0.3, -0.25) is 13.9 Å². The normalized spacial score (nSPS) is 13.6. The van der Waals surface area contributed by atoms with Crippen molar-refractivity contribution in [2.75, 3.05) is 29.8 Å². The number of ether oxygens (including phenoxy) is 2. The molecule has 0 fully saturated rings. The molecule has 0 unspecified atom stereocenters. The molecule has 0 aromatic heterocycles. The summed E-state index contributed by atoms with van der Waals surface area (Å²) in [5.41, 5.74) is 1.38. The van der Waals surface area contributed by atoms with Crippen molar-refractivity contribution < 1.29 is 27.5 Å². The summed E-state index contributed by atoms with van der Waals surface area (Å²) in [5.74, 6) is -0.155. The molecule has 4 rings (SSSR count). The zero-order valence-electron chi connectivity index (χ0n) is 24.9. The van der Waals surface area contributed by atoms with Crippen LogP contribution in [0.4, 0.5) is 5.69 Å². The van der Waals surface area contributed by atoms with Crippen LogP contribution in [-0.4, -0.2) is 62.2 Å². The van der Waals surface area contributed by atoms with Crippen molar-refractivity contribution in [3.05, 3.63) is 88.4 Å². The molecular weight excluding hydrogens is 634 g/mol. The molecule has 1 aliphatic heterocycles. The average molecular weight is 673 g/mol. The molecule has 0 saturated heterocycles. The van der Waals surface area contributed by atoms with E-state index in [0.717, 1.165) is 19.9 Å². The minimum atomic E-state index is -3.90. The minimum Gasteiger partial charge on any atom is -0.486 e. The van der Waals surface area contributed by atoms with Gasteiger partial charge in [0.2, 0.25) is 21.8 Å². The molecule has 1 N–H and O–H groups in total. The number of anilines is 1. The van der Waals surface area contributed by atoms with E-state index in [0.29, 0.717) is 24.7 Å². The Labute approximate surface area is 262 Å². The van der Waals surface area contributed by atoms with Crippen molar-refractivity contribution >= 4 is 43.5 Å². The molecule has 0 spiro atoms. The third kappa shape index (κ3) is 8.73. The zero-order chi connectivity index (χ0) is 31.2. The summed E-state index contributed by atoms with van der Waals surface area (Å²) in [7, 11) is -3.90. The number of hydrogen-bond donors (Lipinski definition) is 1. The molecule has 2 amide bonds. The lowest BCUT2D eigenvalue weighted by Gasteiger charge is -2.35. The van der Waals surface area contributed by atoms with E-state index in [1.165, 1.54) is 11.8 Å². The molecule has 3 aromatic rings. The Morgan fingerprint density at radius 1 is 0.930 bits per heavy atom. The van der Waals surface area contributed by atoms with E-state index < -0.39 is 34.1 Å². The quantitative estimate of drug-likeness (QED) is 0.310. The van der Waals surface area contributed by atoms with Crippen LogP contribution >= 0.6 is 15.9 Å². The number of nitrogens with one attached hydrogen (secondary N) is 1. The summed E-state index contributed by atoms with van der Waals surface area (Å²) in [6, 6.07) is 20.8. The van der Waals surface area contributed by atoms with Crippen LogP contribution in [0.3, 0.4) is 0 Å². The Bertz CT molecular complexity index is 1540. The van der Waals surface area contributed by atoms with Gasteiger partial charge in [-0.25, -0.2) is 8.42 Å². The van der Waals surface area contributed by atoms with Crippen LogP contribution in [0.2, 0.25) is 0 Å². The van der Waals surface area contributed by atoms with Gasteiger partial charge in [-0.2, -0.15) is 0 Å². The number of fused-ring (bicyclic) bond motifs is 1. The van der Waals surface area contributed by atoms with Gasteiger partial charge in [-0.05, 0) is 63.1 Å². The molecule has 0 aliphatic carbocycles. The van der Waals surface area contributed by atoms with Gasteiger partial charge in [0.05, 0.1) is 11.4 Å². The molecule has 1 heterocycles. The van der Waals surface area contributed by atoms with E-state index in [2.05, 4.69) is 21.2 Å². The van der Waals surface area contributed by atoms with Crippen LogP contribution in [0.1, 0.15) is 38.8 Å². The zero-order valence-corrected chi connectivity index (χ0v) is 27.3. The Hall–Kier alpha value is -3.57. The number of nitrogens with zero attached hydrogens (tertiary/aromatic N) is 2. The Kier molecular flexibility index (Phi) is 10.4. The average Bonchev–Trinajstić information content (AvgIpc) is 2.97. The molecule has 0 radical (unpaired) electrons. The fraction of sp³-hybridized carbons (Fsp3) is 0.375. The maximum Gasteiger partial charge on any atom is 0.244 e. The van der Waals surface area contributed by atoms with E-state index >= 15 is 0 Å². The Morgan fingerprint density at radius 2 is 1.60 bits per heavy atom. The number of hydrogen-bond acceptors (Lipinski definition) is 6. The van der Waals surface area contributed by atoms with E-state index in [4.69, 9.17) is 9.47 Å². The Balaban J connectivity index is 1.76. The van der Waals surface area contributed by atoms with E-state index in [1.807, 2.05) is 75.4 Å². The molecule has 1 atom stereocenters. The molecule has 9 nitrogen and oxygen atoms in total. The van der Waals surface area contributed by atoms with Crippen LogP contribution in [0.5, 0.6) is 11.5 Å². The maximum atomic E-state index is 14.3. The number of rotatable bonds is 11. The van der Waals surface area contributed by atoms with Crippen LogP contribution in [0.25, 0.3) is 0 Å². The molecule has 0 saturated carbocycles. The molecule has 230 valence electrons. The van der Waals surface area contributed by atoms with Crippen molar-refractivity contribution in [1.82, 2.24) is 10.2 Å². The lowest BCUT2D eigenvalue weighted by atomic mass is 10.0. The molecule has 3 aromatic carbocycles. The standard InChI is InChI=1S/C32H38BrN3O6S/c1-5-43(39,40)36(26-14-15-28-29(20-26)42-17-16-41-28)22-30(37)35(21-24-12-9-13-25(33)18-24)27(31(38)34-32(2,3)4)19-23-10-7-6-8-11-23/h6-15,18,20,27H,5,16-17,19,21-22H2,1-4H3,(H,34,38)/t27-/m0/s1. The first-order valence-corrected chi connectivity index (χ1v) is 16.6. The summed E-state index contributed by atoms with van der Waals surface area (Å²) in [5, 5.41) is 3.03. The maximum absolute atomic E-state index is 14.3. The highest BCUT2D eigenvalue weighted by atomic mass is 79.9. The van der Waals surface area contributed by atoms with Crippen LogP contribution in [-0.2, 0) is 32.6 Å². The topological polar surface area (TPSA) is 105 Å². The van der Waals surface area contributed by atoms with Crippen molar-refractivity contribution in [1.29, 1.82) is 0 Å². The first-order chi connectivity index (χ1) is 20.4. The summed E-state index contributed by atoms with van der Waals surface area (Å²) >= 11 is 3.49. The van der Waals surface area contributed by atoms with E-state index in [-0.39, 0.29) is 30.3 Å². The fourth-order valence-corrected chi connectivity index (χ4v) is 6.25. The first-order valence-electron chi connectivity index (χ1n) is 14.2. The van der Waals surface area contributed by atoms with Gasteiger partial charge in [0, 0.05) is 29.0 Å². The number of carbonyl (C=O) groups is 2. The predicted molar refractivity (Wildman–Crippen MR) is 171 cm³/mol. The number of halogens is 1. The van der Waals surface area contributed by atoms with Crippen molar-refractivity contribution in [3.63, 3.8) is 0 Å². The monoisotopic (exact) mass is 671 g/mol. The highest BCUT2D eigenvalue weighted by Gasteiger charge is 2.35. The molecular formula is C32H38BrN3O6S. The highest BCUT2D eigenvalue weighted by Crippen LogP contribution is 2.35. The van der Waals surface area contributed by atoms with Gasteiger partial charge in [0.25, 0.3) is 0 Å². The molecule has 11 heteroatoms. The van der Waals surface area contributed by atoms with E-state index in [9.17, 15) is 18.0 Å². The third-order valence-electron chi connectivity index (χ3n) is 6.80. The van der Waals surface area contributed by atoms with Crippen LogP contribution in [0.15, 0.2) is 77.3 Å². The summed E-state index contributed by atoms with van der Waals surface area (Å²) in [6.07, 6.45) is 0.243. The van der Waals surface area contributed by atoms with Gasteiger partial charge < -0.3 is 19.7 Å². The molecule has 1 aliphatic rings. The van der Waals surface area contributed by atoms with Gasteiger partial charge >= 0.3 is 0 Å². The molecule has 0 bridgehead atoms. The number of carbonyl (C=O) groups excluding carboxylic acids is 2. The lowest BCUT2D eigenvalue weighted by Crippen LogP contribution is -2.56. The van der Waals surface area contributed by atoms with Crippen LogP contribution in [0, 0.1) is 0 Å². The number of sulfonamides is 1. The third-order valence-corrected chi connectivity index (χ3v) is 9.04. The van der Waals surface area contributed by atoms with Crippen molar-refractivity contribution in [2.45, 2.75) is 52.2 Å². The fourth-order valence-electron chi connectivity index (χ4n) is 4.75. The second-order valence-electron chi connectivity index (χ2n) is 11.3. The van der Waals surface area contributed by atoms with Gasteiger partial charge in [0.1, 0.15) is 25.8 Å². The molecule has 43 heavy (non-hydrogen) atoms. The number of benzene rings is 3. The predicted octanol–water partition coefficient (Wildman–Crippen LogP) is 4.93. The first kappa shape index (κ1) is 32.3. The van der Waals surface area contributed by atoms with Crippen molar-refractivity contribution in [3.8, 4) is 11.5 Å². The summed E-state index contributed by atoms with van der Waals surface area (Å²) in [6.45, 7) is 7.48. The SMILES string of the molecule is CCS(=O)(=O)N(CC(=O)N(Cc1cccc(Br)c1)[C@@H](Cc1ccccc1)C(=O)NC(C)(C)C)c1ccc2c(c1)OCCO2. The lowest BCUT2D eigenvalue weighted by molar-refractivity contribution is -0.140. The van der Waals surface area contributed by atoms with Gasteiger partial charge in [0.15, 0.2) is 11.5 Å². The minimum absolute atomic E-state index is 0.0918. The van der Waals surface area contributed by atoms with Gasteiger partial charge in [-0.1, -0.05) is 58.4 Å². The van der Waals surface area contributed by atoms with Gasteiger partial charge in [-0.15, -0.1) is 0 Å². The summed E-state index contributed by atoms with van der Waals surface area (Å²) in [4.78, 5) is 29.7. The second-order valence-corrected chi connectivity index (χ2v) is 14.4. The van der Waals surface area contributed by atoms with Crippen LogP contribution < -0.4 is 19.1 Å². The smallest absolute Gasteiger partial charge is 0.244 e. The second kappa shape index (κ2) is 13.8. The Morgan fingerprint density at radius 3 is 2.26 bits per heavy atom. The highest BCUT2D eigenvalue weighted by molar-refractivity contribution is 9.10. The summed E-state index contributed by atoms with van der Waals surface area (Å²) < 4.78 is 40.0. The van der Waals surface area contributed by atoms with Crippen molar-refractivity contribution in [2.24, 2.45) is 0 Å². The largest absolute Gasteiger partial charge is 0.486 e. The number of amides is 2. The van der Waals surface area contributed by atoms with E-state index in [1.54, 1.807) is 18.2 Å².